The van der Waals surface area contributed by atoms with Gasteiger partial charge in [-0.15, -0.1) is 0 Å². The summed E-state index contributed by atoms with van der Waals surface area (Å²) in [5.41, 5.74) is 0.949. The van der Waals surface area contributed by atoms with Crippen LogP contribution in [0.5, 0.6) is 0 Å². The van der Waals surface area contributed by atoms with Crippen molar-refractivity contribution in [2.45, 2.75) is 30.3 Å². The lowest BCUT2D eigenvalue weighted by atomic mass is 10.1. The van der Waals surface area contributed by atoms with E-state index >= 15 is 0 Å². The maximum Gasteiger partial charge on any atom is 0.238 e. The summed E-state index contributed by atoms with van der Waals surface area (Å²) in [7, 11) is -1.48. The van der Waals surface area contributed by atoms with Crippen molar-refractivity contribution >= 4 is 10.0 Å². The van der Waals surface area contributed by atoms with E-state index in [4.69, 9.17) is 5.14 Å². The van der Waals surface area contributed by atoms with Crippen LogP contribution in [-0.2, 0) is 16.6 Å². The minimum Gasteiger partial charge on any atom is -0.310 e. The van der Waals surface area contributed by atoms with Crippen molar-refractivity contribution in [2.24, 2.45) is 5.14 Å². The molecule has 0 aliphatic carbocycles. The number of nitrogens with one attached hydrogen (secondary N) is 1. The van der Waals surface area contributed by atoms with Crippen LogP contribution in [0.2, 0.25) is 0 Å². The normalized spacial score (nSPS) is 18.6. The molecule has 5 nitrogen and oxygen atoms in total. The van der Waals surface area contributed by atoms with Crippen LogP contribution in [-0.4, -0.2) is 39.5 Å². The Kier molecular flexibility index (Phi) is 4.57. The van der Waals surface area contributed by atoms with Crippen LogP contribution in [0.25, 0.3) is 0 Å². The van der Waals surface area contributed by atoms with Gasteiger partial charge < -0.3 is 10.2 Å². The van der Waals surface area contributed by atoms with Gasteiger partial charge in [-0.1, -0.05) is 12.1 Å². The maximum absolute atomic E-state index is 11.3. The van der Waals surface area contributed by atoms with E-state index in [0.29, 0.717) is 12.6 Å². The van der Waals surface area contributed by atoms with Gasteiger partial charge in [-0.05, 0) is 50.7 Å². The maximum atomic E-state index is 11.3. The Balaban J connectivity index is 1.93. The molecule has 0 saturated carbocycles. The van der Waals surface area contributed by atoms with Crippen LogP contribution in [0.4, 0.5) is 0 Å². The van der Waals surface area contributed by atoms with Crippen LogP contribution < -0.4 is 10.5 Å². The second-order valence-corrected chi connectivity index (χ2v) is 6.71. The Labute approximate surface area is 114 Å². The number of nitrogens with zero attached hydrogens (tertiary/aromatic N) is 1. The molecule has 0 spiro atoms. The molecular formula is C13H21N3O2S. The Morgan fingerprint density at radius 1 is 1.37 bits per heavy atom. The number of hydrogen-bond acceptors (Lipinski definition) is 4. The van der Waals surface area contributed by atoms with E-state index in [0.717, 1.165) is 31.5 Å². The summed E-state index contributed by atoms with van der Waals surface area (Å²) >= 11 is 0. The molecule has 6 heteroatoms. The fourth-order valence-electron chi connectivity index (χ4n) is 2.31. The van der Waals surface area contributed by atoms with Gasteiger partial charge in [0.15, 0.2) is 0 Å². The molecule has 0 atom stereocenters. The summed E-state index contributed by atoms with van der Waals surface area (Å²) in [4.78, 5) is 2.50. The third kappa shape index (κ3) is 4.28. The standard InChI is InChI=1S/C13H21N3O2S/c1-16-7-5-12(6-8-16)15-10-11-3-2-4-13(9-11)19(14,17)18/h2-4,9,12,15H,5-8,10H2,1H3,(H2,14,17,18). The molecule has 19 heavy (non-hydrogen) atoms. The molecule has 0 radical (unpaired) electrons. The van der Waals surface area contributed by atoms with Gasteiger partial charge in [0.05, 0.1) is 4.90 Å². The summed E-state index contributed by atoms with van der Waals surface area (Å²) in [6, 6.07) is 7.31. The highest BCUT2D eigenvalue weighted by molar-refractivity contribution is 7.89. The molecule has 0 unspecified atom stereocenters. The van der Waals surface area contributed by atoms with Crippen LogP contribution in [0.1, 0.15) is 18.4 Å². The molecule has 2 rings (SSSR count). The molecule has 1 fully saturated rings. The van der Waals surface area contributed by atoms with Crippen molar-refractivity contribution in [3.8, 4) is 0 Å². The lowest BCUT2D eigenvalue weighted by Crippen LogP contribution is -2.40. The van der Waals surface area contributed by atoms with Crippen molar-refractivity contribution < 1.29 is 8.42 Å². The smallest absolute Gasteiger partial charge is 0.238 e. The predicted octanol–water partition coefficient (Wildman–Crippen LogP) is 0.518. The summed E-state index contributed by atoms with van der Waals surface area (Å²) in [5.74, 6) is 0. The van der Waals surface area contributed by atoms with Crippen LogP contribution in [0.15, 0.2) is 29.2 Å². The first-order valence-corrected chi connectivity index (χ1v) is 8.03. The van der Waals surface area contributed by atoms with E-state index < -0.39 is 10.0 Å². The van der Waals surface area contributed by atoms with E-state index in [1.54, 1.807) is 12.1 Å². The first-order valence-electron chi connectivity index (χ1n) is 6.49. The Bertz CT molecular complexity index is 522. The zero-order chi connectivity index (χ0) is 13.9. The van der Waals surface area contributed by atoms with Gasteiger partial charge in [0, 0.05) is 12.6 Å². The van der Waals surface area contributed by atoms with Gasteiger partial charge in [0.1, 0.15) is 0 Å². The Hall–Kier alpha value is -0.950. The first-order chi connectivity index (χ1) is 8.95. The fourth-order valence-corrected chi connectivity index (χ4v) is 2.89. The monoisotopic (exact) mass is 283 g/mol. The second kappa shape index (κ2) is 6.00. The van der Waals surface area contributed by atoms with Crippen molar-refractivity contribution in [3.05, 3.63) is 29.8 Å². The Morgan fingerprint density at radius 3 is 2.68 bits per heavy atom. The molecule has 1 saturated heterocycles. The van der Waals surface area contributed by atoms with E-state index in [1.807, 2.05) is 6.07 Å². The SMILES string of the molecule is CN1CCC(NCc2cccc(S(N)(=O)=O)c2)CC1. The van der Waals surface area contributed by atoms with E-state index in [-0.39, 0.29) is 4.90 Å². The van der Waals surface area contributed by atoms with Crippen LogP contribution >= 0.6 is 0 Å². The number of likely N-dealkylation sites (tertiary alicyclic amines) is 1. The molecule has 1 aromatic carbocycles. The van der Waals surface area contributed by atoms with Crippen molar-refractivity contribution in [1.29, 1.82) is 0 Å². The fraction of sp³-hybridized carbons (Fsp3) is 0.538. The lowest BCUT2D eigenvalue weighted by molar-refractivity contribution is 0.234. The summed E-state index contributed by atoms with van der Waals surface area (Å²) in [5, 5.41) is 8.60. The molecule has 0 aromatic heterocycles. The third-order valence-electron chi connectivity index (χ3n) is 3.54. The predicted molar refractivity (Wildman–Crippen MR) is 75.2 cm³/mol. The molecule has 1 aliphatic heterocycles. The van der Waals surface area contributed by atoms with Gasteiger partial charge >= 0.3 is 0 Å². The lowest BCUT2D eigenvalue weighted by Gasteiger charge is -2.29. The topological polar surface area (TPSA) is 75.4 Å². The van der Waals surface area contributed by atoms with Gasteiger partial charge in [-0.2, -0.15) is 0 Å². The first kappa shape index (κ1) is 14.5. The van der Waals surface area contributed by atoms with Crippen molar-refractivity contribution in [1.82, 2.24) is 10.2 Å². The third-order valence-corrected chi connectivity index (χ3v) is 4.45. The average Bonchev–Trinajstić information content (AvgIpc) is 2.37. The van der Waals surface area contributed by atoms with Gasteiger partial charge in [-0.25, -0.2) is 13.6 Å². The minimum atomic E-state index is -3.61. The number of rotatable bonds is 4. The Morgan fingerprint density at radius 2 is 2.05 bits per heavy atom. The van der Waals surface area contributed by atoms with Gasteiger partial charge in [0.25, 0.3) is 0 Å². The van der Waals surface area contributed by atoms with Crippen molar-refractivity contribution in [2.75, 3.05) is 20.1 Å². The quantitative estimate of drug-likeness (QED) is 0.844. The number of piperidine rings is 1. The van der Waals surface area contributed by atoms with Gasteiger partial charge in [0.2, 0.25) is 10.0 Å². The molecule has 1 aliphatic rings. The number of primary sulfonamides is 1. The molecule has 3 N–H and O–H groups in total. The molecule has 1 heterocycles. The van der Waals surface area contributed by atoms with Gasteiger partial charge in [-0.3, -0.25) is 0 Å². The largest absolute Gasteiger partial charge is 0.310 e. The number of nitrogens with two attached hydrogens (primary N) is 1. The molecular weight excluding hydrogens is 262 g/mol. The summed E-state index contributed by atoms with van der Waals surface area (Å²) < 4.78 is 22.6. The minimum absolute atomic E-state index is 0.176. The van der Waals surface area contributed by atoms with Crippen LogP contribution in [0, 0.1) is 0 Å². The number of hydrogen-bond donors (Lipinski definition) is 2. The van der Waals surface area contributed by atoms with E-state index in [1.165, 1.54) is 6.07 Å². The summed E-state index contributed by atoms with van der Waals surface area (Å²) in [6.45, 7) is 2.89. The highest BCUT2D eigenvalue weighted by atomic mass is 32.2. The zero-order valence-electron chi connectivity index (χ0n) is 11.2. The molecule has 0 bridgehead atoms. The molecule has 106 valence electrons. The zero-order valence-corrected chi connectivity index (χ0v) is 12.0. The second-order valence-electron chi connectivity index (χ2n) is 5.15. The summed E-state index contributed by atoms with van der Waals surface area (Å²) in [6.07, 6.45) is 2.26. The van der Waals surface area contributed by atoms with Crippen molar-refractivity contribution in [3.63, 3.8) is 0 Å². The van der Waals surface area contributed by atoms with E-state index in [9.17, 15) is 8.42 Å². The average molecular weight is 283 g/mol. The number of sulfonamides is 1. The highest BCUT2D eigenvalue weighted by Gasteiger charge is 2.16. The number of benzene rings is 1. The molecule has 1 aromatic rings. The highest BCUT2D eigenvalue weighted by Crippen LogP contribution is 2.12. The molecule has 0 amide bonds. The van der Waals surface area contributed by atoms with Crippen LogP contribution in [0.3, 0.4) is 0 Å². The van der Waals surface area contributed by atoms with E-state index in [2.05, 4.69) is 17.3 Å².